The van der Waals surface area contributed by atoms with Crippen molar-refractivity contribution in [2.45, 2.75) is 394 Å². The van der Waals surface area contributed by atoms with Gasteiger partial charge in [0.15, 0.2) is 12.2 Å². The molecule has 0 spiro atoms. The highest BCUT2D eigenvalue weighted by Crippen LogP contribution is 2.45. The lowest BCUT2D eigenvalue weighted by atomic mass is 10.00. The zero-order valence-electron chi connectivity index (χ0n) is 59.9. The van der Waals surface area contributed by atoms with Gasteiger partial charge in [-0.1, -0.05) is 324 Å². The van der Waals surface area contributed by atoms with Gasteiger partial charge in [-0.15, -0.1) is 0 Å². The molecule has 3 unspecified atom stereocenters. The summed E-state index contributed by atoms with van der Waals surface area (Å²) < 4.78 is 68.3. The molecule has 17 nitrogen and oxygen atoms in total. The normalized spacial score (nSPS) is 14.4. The molecular weight excluding hydrogens is 1210 g/mol. The van der Waals surface area contributed by atoms with Crippen molar-refractivity contribution in [2.75, 3.05) is 39.6 Å². The van der Waals surface area contributed by atoms with Crippen molar-refractivity contribution in [3.05, 3.63) is 0 Å². The van der Waals surface area contributed by atoms with Crippen LogP contribution in [0.4, 0.5) is 0 Å². The molecule has 0 aliphatic carbocycles. The Hall–Kier alpha value is -1.94. The smallest absolute Gasteiger partial charge is 0.462 e. The lowest BCUT2D eigenvalue weighted by molar-refractivity contribution is -0.161. The van der Waals surface area contributed by atoms with Gasteiger partial charge in [-0.3, -0.25) is 37.3 Å². The molecule has 0 aromatic rings. The quantitative estimate of drug-likeness (QED) is 0.0222. The van der Waals surface area contributed by atoms with Gasteiger partial charge in [0.05, 0.1) is 26.4 Å². The molecule has 0 aliphatic heterocycles. The Morgan fingerprint density at radius 2 is 0.554 bits per heavy atom. The summed E-state index contributed by atoms with van der Waals surface area (Å²) in [4.78, 5) is 72.5. The maximum Gasteiger partial charge on any atom is 0.472 e. The number of phosphoric acid groups is 2. The van der Waals surface area contributed by atoms with Gasteiger partial charge in [-0.25, -0.2) is 9.13 Å². The second-order valence-electron chi connectivity index (χ2n) is 27.1. The van der Waals surface area contributed by atoms with Crippen LogP contribution >= 0.6 is 15.6 Å². The first kappa shape index (κ1) is 90.1. The van der Waals surface area contributed by atoms with E-state index in [4.69, 9.17) is 37.0 Å². The Morgan fingerprint density at radius 3 is 0.826 bits per heavy atom. The number of carbonyl (C=O) groups is 4. The van der Waals surface area contributed by atoms with Crippen LogP contribution in [0.15, 0.2) is 0 Å². The molecule has 0 aliphatic rings. The Bertz CT molecular complexity index is 1790. The molecule has 0 fully saturated rings. The van der Waals surface area contributed by atoms with Gasteiger partial charge in [0, 0.05) is 25.7 Å². The van der Waals surface area contributed by atoms with Gasteiger partial charge in [-0.2, -0.15) is 0 Å². The van der Waals surface area contributed by atoms with E-state index in [-0.39, 0.29) is 25.7 Å². The van der Waals surface area contributed by atoms with Crippen LogP contribution in [0, 0.1) is 11.8 Å². The molecule has 0 aromatic heterocycles. The summed E-state index contributed by atoms with van der Waals surface area (Å²) >= 11 is 0. The summed E-state index contributed by atoms with van der Waals surface area (Å²) in [6, 6.07) is 0. The van der Waals surface area contributed by atoms with Gasteiger partial charge in [0.25, 0.3) is 0 Å². The van der Waals surface area contributed by atoms with Gasteiger partial charge >= 0.3 is 39.5 Å². The van der Waals surface area contributed by atoms with Crippen LogP contribution in [0.5, 0.6) is 0 Å². The minimum Gasteiger partial charge on any atom is -0.462 e. The van der Waals surface area contributed by atoms with Crippen LogP contribution in [0.25, 0.3) is 0 Å². The second-order valence-corrected chi connectivity index (χ2v) is 30.0. The van der Waals surface area contributed by atoms with E-state index in [0.29, 0.717) is 25.7 Å². The topological polar surface area (TPSA) is 237 Å². The summed E-state index contributed by atoms with van der Waals surface area (Å²) in [7, 11) is -9.90. The molecule has 0 bridgehead atoms. The van der Waals surface area contributed by atoms with E-state index < -0.39 is 97.5 Å². The molecular formula is C73H142O17P2. The van der Waals surface area contributed by atoms with E-state index in [9.17, 15) is 43.2 Å². The minimum atomic E-state index is -4.95. The molecule has 0 radical (unpaired) electrons. The average molecular weight is 1350 g/mol. The van der Waals surface area contributed by atoms with Crippen LogP contribution in [0.2, 0.25) is 0 Å². The van der Waals surface area contributed by atoms with Crippen LogP contribution in [0.1, 0.15) is 375 Å². The van der Waals surface area contributed by atoms with Crippen molar-refractivity contribution in [3.63, 3.8) is 0 Å². The van der Waals surface area contributed by atoms with Crippen molar-refractivity contribution in [1.82, 2.24) is 0 Å². The molecule has 0 saturated carbocycles. The summed E-state index contributed by atoms with van der Waals surface area (Å²) in [6.07, 6.45) is 51.6. The molecule has 0 amide bonds. The van der Waals surface area contributed by atoms with Crippen molar-refractivity contribution in [1.29, 1.82) is 0 Å². The second kappa shape index (κ2) is 65.0. The molecule has 3 N–H and O–H groups in total. The number of hydrogen-bond donors (Lipinski definition) is 3. The number of aliphatic hydroxyl groups excluding tert-OH is 1. The Kier molecular flexibility index (Phi) is 63.7. The highest BCUT2D eigenvalue weighted by molar-refractivity contribution is 7.47. The van der Waals surface area contributed by atoms with E-state index in [2.05, 4.69) is 41.5 Å². The standard InChI is InChI=1S/C73H142O17P2/c1-7-10-12-14-16-17-18-19-20-21-22-23-28-31-34-38-45-51-57-72(77)89-68(62-84-71(76)56-50-44-37-33-30-27-25-24-26-29-32-36-41-47-53-65(4)5)63-87-91(79,80)85-59-67(74)60-86-92(81,82)88-64-69(61-83-70(75)55-49-43-35-15-13-11-8-2)90-73(78)58-52-46-40-39-42-48-54-66(6)9-3/h65-69,74H,7-64H2,1-6H3,(H,79,80)(H,81,82)/t66?,67-,68-,69-/m1/s1. The van der Waals surface area contributed by atoms with Gasteiger partial charge < -0.3 is 33.8 Å². The van der Waals surface area contributed by atoms with E-state index in [1.807, 2.05) is 0 Å². The third kappa shape index (κ3) is 65.4. The molecule has 0 saturated heterocycles. The number of esters is 4. The van der Waals surface area contributed by atoms with E-state index in [1.165, 1.54) is 180 Å². The zero-order chi connectivity index (χ0) is 67.9. The van der Waals surface area contributed by atoms with Gasteiger partial charge in [-0.05, 0) is 37.5 Å². The number of hydrogen-bond acceptors (Lipinski definition) is 15. The summed E-state index contributed by atoms with van der Waals surface area (Å²) in [5, 5.41) is 10.6. The number of ether oxygens (including phenoxy) is 4. The van der Waals surface area contributed by atoms with Gasteiger partial charge in [0.1, 0.15) is 19.3 Å². The molecule has 6 atom stereocenters. The zero-order valence-corrected chi connectivity index (χ0v) is 61.6. The van der Waals surface area contributed by atoms with Crippen molar-refractivity contribution < 1.29 is 80.2 Å². The highest BCUT2D eigenvalue weighted by atomic mass is 31.2. The largest absolute Gasteiger partial charge is 0.472 e. The number of rotatable bonds is 72. The maximum absolute atomic E-state index is 13.1. The molecule has 19 heteroatoms. The first-order valence-corrected chi connectivity index (χ1v) is 41.0. The summed E-state index contributed by atoms with van der Waals surface area (Å²) in [5.41, 5.74) is 0. The number of aliphatic hydroxyl groups is 1. The average Bonchev–Trinajstić information content (AvgIpc) is 1.56. The number of phosphoric ester groups is 2. The van der Waals surface area contributed by atoms with Crippen LogP contribution in [-0.4, -0.2) is 96.7 Å². The SMILES string of the molecule is CCCCCCCCCCCCCCCCCCCCC(=O)O[C@H](COC(=O)CCCCCCCCCCCCCCCCC(C)C)COP(=O)(O)OC[C@@H](O)COP(=O)(O)OC[C@@H](COC(=O)CCCCCCCCC)OC(=O)CCCCCCCCC(C)CC. The third-order valence-corrected chi connectivity index (χ3v) is 19.2. The minimum absolute atomic E-state index is 0.103. The highest BCUT2D eigenvalue weighted by Gasteiger charge is 2.30. The van der Waals surface area contributed by atoms with Crippen LogP contribution in [0.3, 0.4) is 0 Å². The predicted molar refractivity (Wildman–Crippen MR) is 372 cm³/mol. The Labute approximate surface area is 562 Å². The van der Waals surface area contributed by atoms with Crippen molar-refractivity contribution in [3.8, 4) is 0 Å². The molecule has 0 aromatic carbocycles. The Balaban J connectivity index is 5.18. The van der Waals surface area contributed by atoms with Crippen molar-refractivity contribution in [2.24, 2.45) is 11.8 Å². The number of carbonyl (C=O) groups excluding carboxylic acids is 4. The molecule has 0 rings (SSSR count). The van der Waals surface area contributed by atoms with Crippen molar-refractivity contribution >= 4 is 39.5 Å². The fraction of sp³-hybridized carbons (Fsp3) is 0.945. The fourth-order valence-electron chi connectivity index (χ4n) is 11.1. The predicted octanol–water partition coefficient (Wildman–Crippen LogP) is 21.2. The number of unbranched alkanes of at least 4 members (excludes halogenated alkanes) is 41. The fourth-order valence-corrected chi connectivity index (χ4v) is 12.7. The monoisotopic (exact) mass is 1350 g/mol. The first-order chi connectivity index (χ1) is 44.4. The Morgan fingerprint density at radius 1 is 0.315 bits per heavy atom. The molecule has 546 valence electrons. The van der Waals surface area contributed by atoms with Crippen LogP contribution < -0.4 is 0 Å². The lowest BCUT2D eigenvalue weighted by Crippen LogP contribution is -2.30. The molecule has 92 heavy (non-hydrogen) atoms. The van der Waals surface area contributed by atoms with E-state index in [0.717, 1.165) is 115 Å². The lowest BCUT2D eigenvalue weighted by Gasteiger charge is -2.21. The summed E-state index contributed by atoms with van der Waals surface area (Å²) in [6.45, 7) is 9.50. The van der Waals surface area contributed by atoms with Crippen LogP contribution in [-0.2, 0) is 65.4 Å². The van der Waals surface area contributed by atoms with E-state index >= 15 is 0 Å². The molecule has 0 heterocycles. The first-order valence-electron chi connectivity index (χ1n) is 38.0. The van der Waals surface area contributed by atoms with E-state index in [1.54, 1.807) is 0 Å². The summed E-state index contributed by atoms with van der Waals surface area (Å²) in [5.74, 6) is -0.607. The maximum atomic E-state index is 13.1. The van der Waals surface area contributed by atoms with Gasteiger partial charge in [0.2, 0.25) is 0 Å². The third-order valence-electron chi connectivity index (χ3n) is 17.3.